The van der Waals surface area contributed by atoms with Gasteiger partial charge in [0.25, 0.3) is 0 Å². The number of carboxylic acids is 1. The Labute approximate surface area is 132 Å². The molecule has 3 N–H and O–H groups in total. The van der Waals surface area contributed by atoms with Crippen LogP contribution in [-0.4, -0.2) is 30.8 Å². The Bertz CT molecular complexity index is 902. The van der Waals surface area contributed by atoms with Crippen molar-refractivity contribution in [3.63, 3.8) is 0 Å². The first kappa shape index (κ1) is 15.0. The van der Waals surface area contributed by atoms with Crippen LogP contribution in [0.1, 0.15) is 27.0 Å². The highest BCUT2D eigenvalue weighted by atomic mass is 16.4. The van der Waals surface area contributed by atoms with Crippen molar-refractivity contribution in [3.8, 4) is 0 Å². The number of hydrogen-bond acceptors (Lipinski definition) is 5. The summed E-state index contributed by atoms with van der Waals surface area (Å²) in [6.07, 6.45) is 2.84. The van der Waals surface area contributed by atoms with Crippen LogP contribution in [-0.2, 0) is 6.61 Å². The lowest BCUT2D eigenvalue weighted by Crippen LogP contribution is -2.02. The summed E-state index contributed by atoms with van der Waals surface area (Å²) in [5.74, 6) is -0.486. The number of aromatic nitrogens is 3. The normalized spacial score (nSPS) is 10.9. The van der Waals surface area contributed by atoms with Gasteiger partial charge in [-0.2, -0.15) is 5.10 Å². The van der Waals surface area contributed by atoms with Crippen LogP contribution in [0.4, 0.5) is 11.5 Å². The van der Waals surface area contributed by atoms with E-state index >= 15 is 0 Å². The van der Waals surface area contributed by atoms with E-state index in [9.17, 15) is 15.0 Å². The number of nitrogens with zero attached hydrogens (tertiary/aromatic N) is 3. The van der Waals surface area contributed by atoms with E-state index in [4.69, 9.17) is 0 Å². The molecule has 0 spiro atoms. The van der Waals surface area contributed by atoms with Crippen LogP contribution < -0.4 is 5.32 Å². The van der Waals surface area contributed by atoms with E-state index in [0.29, 0.717) is 16.9 Å². The van der Waals surface area contributed by atoms with Crippen molar-refractivity contribution < 1.29 is 15.0 Å². The van der Waals surface area contributed by atoms with E-state index < -0.39 is 5.97 Å². The first-order chi connectivity index (χ1) is 11.0. The highest BCUT2D eigenvalue weighted by molar-refractivity contribution is 5.94. The zero-order chi connectivity index (χ0) is 16.6. The summed E-state index contributed by atoms with van der Waals surface area (Å²) in [6, 6.07) is 5.59. The van der Waals surface area contributed by atoms with Crippen molar-refractivity contribution in [1.29, 1.82) is 0 Å². The predicted octanol–water partition coefficient (Wildman–Crippen LogP) is 2.28. The first-order valence-electron chi connectivity index (χ1n) is 7.05. The van der Waals surface area contributed by atoms with Gasteiger partial charge in [-0.3, -0.25) is 0 Å². The molecule has 118 valence electrons. The van der Waals surface area contributed by atoms with Crippen LogP contribution in [0.15, 0.2) is 30.7 Å². The number of carbonyl (C=O) groups is 1. The Hall–Kier alpha value is -2.93. The average Bonchev–Trinajstić information content (AvgIpc) is 2.88. The molecular formula is C16H16N4O3. The van der Waals surface area contributed by atoms with Crippen molar-refractivity contribution in [2.24, 2.45) is 0 Å². The van der Waals surface area contributed by atoms with E-state index in [2.05, 4.69) is 15.4 Å². The summed E-state index contributed by atoms with van der Waals surface area (Å²) in [5, 5.41) is 25.8. The molecule has 0 aliphatic carbocycles. The van der Waals surface area contributed by atoms with E-state index in [1.165, 1.54) is 17.0 Å². The van der Waals surface area contributed by atoms with Gasteiger partial charge in [0, 0.05) is 11.9 Å². The predicted molar refractivity (Wildman–Crippen MR) is 85.1 cm³/mol. The fourth-order valence-electron chi connectivity index (χ4n) is 2.50. The highest BCUT2D eigenvalue weighted by Gasteiger charge is 2.17. The number of aryl methyl sites for hydroxylation is 2. The molecule has 23 heavy (non-hydrogen) atoms. The van der Waals surface area contributed by atoms with Crippen LogP contribution in [0.2, 0.25) is 0 Å². The Morgan fingerprint density at radius 2 is 2.13 bits per heavy atom. The van der Waals surface area contributed by atoms with E-state index in [-0.39, 0.29) is 12.2 Å². The van der Waals surface area contributed by atoms with Crippen molar-refractivity contribution >= 4 is 23.0 Å². The van der Waals surface area contributed by atoms with Gasteiger partial charge >= 0.3 is 5.97 Å². The fourth-order valence-corrected chi connectivity index (χ4v) is 2.50. The zero-order valence-electron chi connectivity index (χ0n) is 12.7. The molecule has 7 heteroatoms. The second-order valence-electron chi connectivity index (χ2n) is 5.31. The molecule has 3 rings (SSSR count). The van der Waals surface area contributed by atoms with Crippen molar-refractivity contribution in [2.75, 3.05) is 5.32 Å². The number of fused-ring (bicyclic) bond motifs is 1. The number of anilines is 2. The number of hydrogen-bond donors (Lipinski definition) is 3. The Kier molecular flexibility index (Phi) is 3.71. The molecule has 0 amide bonds. The summed E-state index contributed by atoms with van der Waals surface area (Å²) < 4.78 is 1.50. The van der Waals surface area contributed by atoms with Crippen LogP contribution in [0.3, 0.4) is 0 Å². The van der Waals surface area contributed by atoms with E-state index in [1.807, 2.05) is 25.1 Å². The molecule has 1 aromatic carbocycles. The summed E-state index contributed by atoms with van der Waals surface area (Å²) >= 11 is 0. The van der Waals surface area contributed by atoms with Gasteiger partial charge in [0.15, 0.2) is 5.82 Å². The van der Waals surface area contributed by atoms with Gasteiger partial charge in [0.1, 0.15) is 11.8 Å². The summed E-state index contributed by atoms with van der Waals surface area (Å²) in [4.78, 5) is 15.5. The summed E-state index contributed by atoms with van der Waals surface area (Å²) in [7, 11) is 0. The number of nitrogens with one attached hydrogen (secondary N) is 1. The lowest BCUT2D eigenvalue weighted by atomic mass is 10.1. The fraction of sp³-hybridized carbons (Fsp3) is 0.188. The van der Waals surface area contributed by atoms with E-state index in [0.717, 1.165) is 16.8 Å². The third kappa shape index (κ3) is 2.62. The molecule has 3 aromatic rings. The molecule has 0 aliphatic heterocycles. The Morgan fingerprint density at radius 1 is 1.35 bits per heavy atom. The molecule has 2 aromatic heterocycles. The Balaban J connectivity index is 2.12. The third-order valence-electron chi connectivity index (χ3n) is 3.79. The molecule has 2 heterocycles. The smallest absolute Gasteiger partial charge is 0.337 e. The monoisotopic (exact) mass is 312 g/mol. The number of carboxylic acid groups (broad SMARTS) is 1. The second kappa shape index (κ2) is 5.69. The van der Waals surface area contributed by atoms with Crippen molar-refractivity contribution in [2.45, 2.75) is 20.5 Å². The molecule has 0 fully saturated rings. The minimum Gasteiger partial charge on any atom is -0.478 e. The molecule has 7 nitrogen and oxygen atoms in total. The minimum atomic E-state index is -1.00. The molecule has 0 aliphatic rings. The molecule has 0 radical (unpaired) electrons. The van der Waals surface area contributed by atoms with Gasteiger partial charge in [0.05, 0.1) is 12.2 Å². The maximum Gasteiger partial charge on any atom is 0.337 e. The standard InChI is InChI=1S/C16H16N4O3/c1-9-3-4-11(7-21)5-13(9)19-15-14-10(2)12(16(22)23)6-20(14)18-8-17-15/h3-6,8,21H,7H2,1-2H3,(H,22,23)(H,17,18,19). The summed E-state index contributed by atoms with van der Waals surface area (Å²) in [5.41, 5.74) is 3.96. The lowest BCUT2D eigenvalue weighted by molar-refractivity contribution is 0.0696. The zero-order valence-corrected chi connectivity index (χ0v) is 12.7. The number of benzene rings is 1. The number of aromatic carboxylic acids is 1. The van der Waals surface area contributed by atoms with Gasteiger partial charge < -0.3 is 15.5 Å². The largest absolute Gasteiger partial charge is 0.478 e. The van der Waals surface area contributed by atoms with Gasteiger partial charge in [-0.15, -0.1) is 0 Å². The van der Waals surface area contributed by atoms with Gasteiger partial charge in [0.2, 0.25) is 0 Å². The third-order valence-corrected chi connectivity index (χ3v) is 3.79. The van der Waals surface area contributed by atoms with Gasteiger partial charge in [-0.1, -0.05) is 12.1 Å². The molecule has 0 unspecified atom stereocenters. The lowest BCUT2D eigenvalue weighted by Gasteiger charge is -2.11. The topological polar surface area (TPSA) is 99.8 Å². The van der Waals surface area contributed by atoms with Crippen LogP contribution in [0.25, 0.3) is 5.52 Å². The quantitative estimate of drug-likeness (QED) is 0.683. The molecular weight excluding hydrogens is 296 g/mol. The van der Waals surface area contributed by atoms with Crippen molar-refractivity contribution in [3.05, 3.63) is 53.0 Å². The highest BCUT2D eigenvalue weighted by Crippen LogP contribution is 2.27. The maximum atomic E-state index is 11.3. The minimum absolute atomic E-state index is 0.0541. The Morgan fingerprint density at radius 3 is 2.83 bits per heavy atom. The van der Waals surface area contributed by atoms with Gasteiger partial charge in [-0.25, -0.2) is 14.3 Å². The van der Waals surface area contributed by atoms with Crippen LogP contribution in [0.5, 0.6) is 0 Å². The number of rotatable bonds is 4. The number of aliphatic hydroxyl groups excluding tert-OH is 1. The molecule has 0 bridgehead atoms. The first-order valence-corrected chi connectivity index (χ1v) is 7.05. The van der Waals surface area contributed by atoms with Crippen LogP contribution >= 0.6 is 0 Å². The second-order valence-corrected chi connectivity index (χ2v) is 5.31. The molecule has 0 saturated carbocycles. The maximum absolute atomic E-state index is 11.3. The van der Waals surface area contributed by atoms with E-state index in [1.54, 1.807) is 6.92 Å². The van der Waals surface area contributed by atoms with Gasteiger partial charge in [-0.05, 0) is 36.6 Å². The SMILES string of the molecule is Cc1ccc(CO)cc1Nc1ncnn2cc(C(=O)O)c(C)c12. The molecule has 0 saturated heterocycles. The van der Waals surface area contributed by atoms with Crippen LogP contribution in [0, 0.1) is 13.8 Å². The molecule has 0 atom stereocenters. The average molecular weight is 312 g/mol. The van der Waals surface area contributed by atoms with Crippen molar-refractivity contribution in [1.82, 2.24) is 14.6 Å². The number of aliphatic hydroxyl groups is 1. The summed E-state index contributed by atoms with van der Waals surface area (Å²) in [6.45, 7) is 3.61.